The van der Waals surface area contributed by atoms with Gasteiger partial charge in [-0.2, -0.15) is 0 Å². The van der Waals surface area contributed by atoms with Crippen LogP contribution in [-0.2, 0) is 0 Å². The first-order valence-corrected chi connectivity index (χ1v) is 6.85. The number of benzene rings is 2. The number of aromatic nitrogens is 1. The lowest BCUT2D eigenvalue weighted by Gasteiger charge is -2.11. The molecule has 6 heteroatoms. The normalized spacial score (nSPS) is 10.4. The molecule has 0 fully saturated rings. The number of guanidine groups is 1. The van der Waals surface area contributed by atoms with E-state index in [4.69, 9.17) is 11.5 Å². The van der Waals surface area contributed by atoms with Crippen molar-refractivity contribution in [2.75, 3.05) is 0 Å². The SMILES string of the molecule is NC(N)=Nc1ccc(C(=O)[O-])cc1-c1nccc2ccccc12. The van der Waals surface area contributed by atoms with Gasteiger partial charge in [0.25, 0.3) is 0 Å². The summed E-state index contributed by atoms with van der Waals surface area (Å²) in [6.07, 6.45) is 1.66. The van der Waals surface area contributed by atoms with Crippen molar-refractivity contribution in [2.45, 2.75) is 0 Å². The number of carbonyl (C=O) groups excluding carboxylic acids is 1. The highest BCUT2D eigenvalue weighted by molar-refractivity contribution is 5.99. The van der Waals surface area contributed by atoms with Crippen molar-refractivity contribution < 1.29 is 9.90 Å². The molecule has 0 bridgehead atoms. The molecule has 0 aliphatic rings. The topological polar surface area (TPSA) is 117 Å². The maximum absolute atomic E-state index is 11.2. The van der Waals surface area contributed by atoms with Gasteiger partial charge in [-0.15, -0.1) is 0 Å². The van der Waals surface area contributed by atoms with E-state index in [1.54, 1.807) is 6.20 Å². The number of hydrogen-bond donors (Lipinski definition) is 2. The van der Waals surface area contributed by atoms with Crippen LogP contribution in [-0.4, -0.2) is 16.9 Å². The summed E-state index contributed by atoms with van der Waals surface area (Å²) in [6.45, 7) is 0. The van der Waals surface area contributed by atoms with E-state index in [-0.39, 0.29) is 11.5 Å². The summed E-state index contributed by atoms with van der Waals surface area (Å²) in [6, 6.07) is 13.9. The smallest absolute Gasteiger partial charge is 0.191 e. The molecule has 6 nitrogen and oxygen atoms in total. The molecule has 0 spiro atoms. The van der Waals surface area contributed by atoms with Crippen LogP contribution in [0.1, 0.15) is 10.4 Å². The lowest BCUT2D eigenvalue weighted by atomic mass is 10.0. The fourth-order valence-electron chi connectivity index (χ4n) is 2.42. The predicted octanol–water partition coefficient (Wildman–Crippen LogP) is 1.17. The molecule has 0 radical (unpaired) electrons. The zero-order chi connectivity index (χ0) is 16.4. The van der Waals surface area contributed by atoms with E-state index in [1.165, 1.54) is 18.2 Å². The number of carboxylic acids is 1. The lowest BCUT2D eigenvalue weighted by molar-refractivity contribution is -0.255. The Balaban J connectivity index is 2.33. The summed E-state index contributed by atoms with van der Waals surface area (Å²) < 4.78 is 0. The molecule has 3 aromatic rings. The van der Waals surface area contributed by atoms with Crippen LogP contribution in [0.2, 0.25) is 0 Å². The van der Waals surface area contributed by atoms with Gasteiger partial charge >= 0.3 is 0 Å². The third kappa shape index (κ3) is 2.82. The van der Waals surface area contributed by atoms with Crippen LogP contribution in [0.4, 0.5) is 5.69 Å². The van der Waals surface area contributed by atoms with Gasteiger partial charge < -0.3 is 21.4 Å². The zero-order valence-electron chi connectivity index (χ0n) is 12.1. The number of nitrogens with two attached hydrogens (primary N) is 2. The van der Waals surface area contributed by atoms with E-state index < -0.39 is 5.97 Å². The highest BCUT2D eigenvalue weighted by Crippen LogP contribution is 2.34. The Morgan fingerprint density at radius 3 is 2.61 bits per heavy atom. The monoisotopic (exact) mass is 305 g/mol. The molecular weight excluding hydrogens is 292 g/mol. The highest BCUT2D eigenvalue weighted by Gasteiger charge is 2.11. The van der Waals surface area contributed by atoms with Crippen molar-refractivity contribution in [3.05, 3.63) is 60.3 Å². The second-order valence-corrected chi connectivity index (χ2v) is 4.94. The molecule has 0 amide bonds. The van der Waals surface area contributed by atoms with Crippen molar-refractivity contribution in [2.24, 2.45) is 16.5 Å². The summed E-state index contributed by atoms with van der Waals surface area (Å²) in [7, 11) is 0. The number of rotatable bonds is 3. The Morgan fingerprint density at radius 1 is 1.09 bits per heavy atom. The highest BCUT2D eigenvalue weighted by atomic mass is 16.4. The van der Waals surface area contributed by atoms with Gasteiger partial charge in [0.1, 0.15) is 0 Å². The average Bonchev–Trinajstić information content (AvgIpc) is 2.54. The van der Waals surface area contributed by atoms with E-state index >= 15 is 0 Å². The summed E-state index contributed by atoms with van der Waals surface area (Å²) in [5, 5.41) is 13.0. The van der Waals surface area contributed by atoms with Crippen LogP contribution in [0, 0.1) is 0 Å². The lowest BCUT2D eigenvalue weighted by Crippen LogP contribution is -2.23. The van der Waals surface area contributed by atoms with Crippen LogP contribution in [0.15, 0.2) is 59.7 Å². The van der Waals surface area contributed by atoms with Crippen molar-refractivity contribution in [1.82, 2.24) is 4.98 Å². The number of aliphatic imine (C=N–C) groups is 1. The van der Waals surface area contributed by atoms with Gasteiger partial charge in [0.2, 0.25) is 0 Å². The molecule has 0 aliphatic carbocycles. The second kappa shape index (κ2) is 5.76. The Hall–Kier alpha value is -3.41. The average molecular weight is 305 g/mol. The molecular formula is C17H13N4O2-. The molecule has 2 aromatic carbocycles. The Morgan fingerprint density at radius 2 is 1.87 bits per heavy atom. The van der Waals surface area contributed by atoms with E-state index in [2.05, 4.69) is 9.98 Å². The number of fused-ring (bicyclic) bond motifs is 1. The first kappa shape index (κ1) is 14.5. The van der Waals surface area contributed by atoms with Gasteiger partial charge in [-0.25, -0.2) is 4.99 Å². The summed E-state index contributed by atoms with van der Waals surface area (Å²) in [4.78, 5) is 19.6. The zero-order valence-corrected chi connectivity index (χ0v) is 12.1. The molecule has 0 atom stereocenters. The molecule has 114 valence electrons. The van der Waals surface area contributed by atoms with Crippen molar-refractivity contribution in [3.8, 4) is 11.3 Å². The fourth-order valence-corrected chi connectivity index (χ4v) is 2.42. The van der Waals surface area contributed by atoms with E-state index in [0.29, 0.717) is 16.9 Å². The van der Waals surface area contributed by atoms with E-state index in [0.717, 1.165) is 10.8 Å². The Bertz CT molecular complexity index is 926. The van der Waals surface area contributed by atoms with Gasteiger partial charge in [-0.3, -0.25) is 4.98 Å². The molecule has 4 N–H and O–H groups in total. The molecule has 0 saturated carbocycles. The van der Waals surface area contributed by atoms with Gasteiger partial charge in [-0.05, 0) is 29.1 Å². The molecule has 0 aliphatic heterocycles. The first-order chi connectivity index (χ1) is 11.1. The van der Waals surface area contributed by atoms with Crippen LogP contribution in [0.5, 0.6) is 0 Å². The minimum atomic E-state index is -1.28. The standard InChI is InChI=1S/C17H14N4O2/c18-17(19)21-14-6-5-11(16(22)23)9-13(14)15-12-4-2-1-3-10(12)7-8-20-15/h1-9H,(H,22,23)(H4,18,19,21)/p-1. The van der Waals surface area contributed by atoms with Crippen LogP contribution in [0.3, 0.4) is 0 Å². The van der Waals surface area contributed by atoms with E-state index in [1.807, 2.05) is 30.3 Å². The van der Waals surface area contributed by atoms with Gasteiger partial charge in [0.05, 0.1) is 17.4 Å². The van der Waals surface area contributed by atoms with E-state index in [9.17, 15) is 9.90 Å². The quantitative estimate of drug-likeness (QED) is 0.556. The molecule has 1 heterocycles. The van der Waals surface area contributed by atoms with Gasteiger partial charge in [-0.1, -0.05) is 30.3 Å². The number of hydrogen-bond acceptors (Lipinski definition) is 4. The summed E-state index contributed by atoms with van der Waals surface area (Å²) >= 11 is 0. The van der Waals surface area contributed by atoms with Crippen LogP contribution < -0.4 is 16.6 Å². The number of carbonyl (C=O) groups is 1. The molecule has 3 rings (SSSR count). The van der Waals surface area contributed by atoms with Crippen LogP contribution >= 0.6 is 0 Å². The first-order valence-electron chi connectivity index (χ1n) is 6.85. The predicted molar refractivity (Wildman–Crippen MR) is 87.0 cm³/mol. The third-order valence-corrected chi connectivity index (χ3v) is 3.41. The summed E-state index contributed by atoms with van der Waals surface area (Å²) in [5.74, 6) is -1.39. The minimum Gasteiger partial charge on any atom is -0.545 e. The second-order valence-electron chi connectivity index (χ2n) is 4.94. The molecule has 0 saturated heterocycles. The fraction of sp³-hybridized carbons (Fsp3) is 0. The maximum Gasteiger partial charge on any atom is 0.191 e. The molecule has 1 aromatic heterocycles. The minimum absolute atomic E-state index is 0.0317. The van der Waals surface area contributed by atoms with Crippen molar-refractivity contribution in [3.63, 3.8) is 0 Å². The number of carboxylic acid groups (broad SMARTS) is 1. The number of pyridine rings is 1. The molecule has 23 heavy (non-hydrogen) atoms. The Labute approximate surface area is 132 Å². The van der Waals surface area contributed by atoms with Gasteiger partial charge in [0.15, 0.2) is 5.96 Å². The third-order valence-electron chi connectivity index (χ3n) is 3.41. The van der Waals surface area contributed by atoms with Crippen molar-refractivity contribution >= 4 is 28.4 Å². The summed E-state index contributed by atoms with van der Waals surface area (Å²) in [5.41, 5.74) is 12.5. The largest absolute Gasteiger partial charge is 0.545 e. The Kier molecular flexibility index (Phi) is 3.64. The maximum atomic E-state index is 11.2. The number of aromatic carboxylic acids is 1. The van der Waals surface area contributed by atoms with Crippen molar-refractivity contribution in [1.29, 1.82) is 0 Å². The number of nitrogens with zero attached hydrogens (tertiary/aromatic N) is 2. The van der Waals surface area contributed by atoms with Gasteiger partial charge in [0, 0.05) is 17.1 Å². The van der Waals surface area contributed by atoms with Crippen LogP contribution in [0.25, 0.3) is 22.0 Å². The molecule has 0 unspecified atom stereocenters.